The molecule has 0 unspecified atom stereocenters. The van der Waals surface area contributed by atoms with E-state index in [2.05, 4.69) is 34.9 Å². The first-order valence-corrected chi connectivity index (χ1v) is 21.0. The van der Waals surface area contributed by atoms with Gasteiger partial charge in [-0.3, -0.25) is 4.79 Å². The number of carboxylic acid groups (broad SMARTS) is 1. The van der Waals surface area contributed by atoms with Crippen LogP contribution in [-0.4, -0.2) is 82.6 Å². The van der Waals surface area contributed by atoms with Crippen molar-refractivity contribution < 1.29 is 33.3 Å². The van der Waals surface area contributed by atoms with Crippen molar-refractivity contribution in [2.75, 3.05) is 20.3 Å². The molecule has 2 fully saturated rings. The van der Waals surface area contributed by atoms with Crippen molar-refractivity contribution >= 4 is 31.1 Å². The van der Waals surface area contributed by atoms with Crippen molar-refractivity contribution in [2.24, 2.45) is 5.92 Å². The number of nitrogens with zero attached hydrogens (tertiary/aromatic N) is 4. The summed E-state index contributed by atoms with van der Waals surface area (Å²) in [5, 5.41) is 13.1. The van der Waals surface area contributed by atoms with Crippen molar-refractivity contribution in [3.63, 3.8) is 0 Å². The van der Waals surface area contributed by atoms with Crippen LogP contribution in [0.1, 0.15) is 75.3 Å². The Bertz CT molecular complexity index is 1670. The van der Waals surface area contributed by atoms with E-state index in [1.54, 1.807) is 6.07 Å². The molecule has 5 rings (SSSR count). The van der Waals surface area contributed by atoms with E-state index in [0.717, 1.165) is 18.9 Å². The molecule has 2 N–H and O–H groups in total. The van der Waals surface area contributed by atoms with Crippen LogP contribution in [0.3, 0.4) is 0 Å². The first kappa shape index (κ1) is 36.6. The summed E-state index contributed by atoms with van der Waals surface area (Å²) in [4.78, 5) is 37.0. The first-order chi connectivity index (χ1) is 23.1. The number of carbonyl (C=O) groups is 2. The molecule has 2 aromatic heterocycles. The predicted octanol–water partition coefficient (Wildman–Crippen LogP) is 7.48. The summed E-state index contributed by atoms with van der Waals surface area (Å²) >= 11 is 0. The molecular formula is C36H52FN5O6Si. The van der Waals surface area contributed by atoms with E-state index in [1.165, 1.54) is 24.4 Å². The van der Waals surface area contributed by atoms with Gasteiger partial charge >= 0.3 is 6.09 Å². The van der Waals surface area contributed by atoms with Gasteiger partial charge in [0.05, 0.1) is 24.8 Å². The van der Waals surface area contributed by atoms with Gasteiger partial charge in [-0.05, 0) is 84.2 Å². The summed E-state index contributed by atoms with van der Waals surface area (Å²) in [5.41, 5.74) is 2.66. The Balaban J connectivity index is 1.50. The number of methoxy groups -OCH3 is 1. The van der Waals surface area contributed by atoms with Crippen molar-refractivity contribution in [1.29, 1.82) is 0 Å². The van der Waals surface area contributed by atoms with Crippen LogP contribution in [0.25, 0.3) is 22.3 Å². The highest BCUT2D eigenvalue weighted by Gasteiger charge is 2.36. The van der Waals surface area contributed by atoms with Crippen LogP contribution in [0, 0.1) is 18.7 Å². The maximum Gasteiger partial charge on any atom is 0.407 e. The number of nitrogens with one attached hydrogen (secondary N) is 1. The molecule has 3 aromatic rings. The van der Waals surface area contributed by atoms with Gasteiger partial charge in [0.1, 0.15) is 30.0 Å². The normalized spacial score (nSPS) is 18.4. The van der Waals surface area contributed by atoms with Gasteiger partial charge in [0.2, 0.25) is 0 Å². The van der Waals surface area contributed by atoms with Crippen LogP contribution in [0.4, 0.5) is 9.18 Å². The van der Waals surface area contributed by atoms with Gasteiger partial charge in [0.15, 0.2) is 11.6 Å². The monoisotopic (exact) mass is 697 g/mol. The second-order valence-corrected chi connectivity index (χ2v) is 21.3. The van der Waals surface area contributed by atoms with Crippen LogP contribution in [-0.2, 0) is 11.5 Å². The number of hydrogen-bond acceptors (Lipinski definition) is 7. The number of benzene rings is 1. The SMILES string of the molecule is COc1cc(-c2ncnc3c(C(=O)NC4CCC(N(C(=O)O)C(C)(C)C)CC4)c(C)n(COCC[Si](C)(C)C)c23)c(OCC2CC2)cc1F. The van der Waals surface area contributed by atoms with E-state index in [-0.39, 0.29) is 30.5 Å². The van der Waals surface area contributed by atoms with Gasteiger partial charge in [0, 0.05) is 49.6 Å². The number of rotatable bonds is 13. The predicted molar refractivity (Wildman–Crippen MR) is 190 cm³/mol. The fraction of sp³-hybridized carbons (Fsp3) is 0.611. The van der Waals surface area contributed by atoms with Crippen LogP contribution < -0.4 is 14.8 Å². The standard InChI is InChI=1S/C36H52FN5O6Si/c1-22-30(34(43)40-24-11-13-25(14-12-24)42(35(44)45)36(2,3)4)32-33(41(22)21-47-15-16-49(6,7)8)31(38-20-39-32)26-17-29(46-5)27(37)18-28(26)48-19-23-9-10-23/h17-18,20,23-25H,9-16,19,21H2,1-8H3,(H,40,43)(H,44,45). The van der Waals surface area contributed by atoms with Crippen molar-refractivity contribution in [1.82, 2.24) is 24.8 Å². The minimum Gasteiger partial charge on any atom is -0.494 e. The third kappa shape index (κ3) is 8.54. The highest BCUT2D eigenvalue weighted by atomic mass is 28.3. The average Bonchev–Trinajstić information content (AvgIpc) is 3.80. The largest absolute Gasteiger partial charge is 0.494 e. The Morgan fingerprint density at radius 3 is 2.37 bits per heavy atom. The molecule has 0 radical (unpaired) electrons. The molecular weight excluding hydrogens is 646 g/mol. The summed E-state index contributed by atoms with van der Waals surface area (Å²) in [6, 6.07) is 3.68. The second-order valence-electron chi connectivity index (χ2n) is 15.7. The summed E-state index contributed by atoms with van der Waals surface area (Å²) in [5.74, 6) is 0.0591. The smallest absolute Gasteiger partial charge is 0.407 e. The van der Waals surface area contributed by atoms with Crippen molar-refractivity contribution in [2.45, 2.75) is 116 Å². The number of amides is 2. The van der Waals surface area contributed by atoms with Crippen LogP contribution in [0.15, 0.2) is 18.5 Å². The van der Waals surface area contributed by atoms with E-state index < -0.39 is 25.5 Å². The highest BCUT2D eigenvalue weighted by molar-refractivity contribution is 6.76. The second kappa shape index (κ2) is 14.6. The molecule has 0 atom stereocenters. The zero-order chi connectivity index (χ0) is 35.7. The maximum atomic E-state index is 15.0. The number of aromatic nitrogens is 3. The molecule has 0 saturated heterocycles. The summed E-state index contributed by atoms with van der Waals surface area (Å²) in [6.07, 6.45) is 5.28. The molecule has 2 saturated carbocycles. The molecule has 0 spiro atoms. The Morgan fingerprint density at radius 1 is 1.08 bits per heavy atom. The molecule has 0 aliphatic heterocycles. The fourth-order valence-electron chi connectivity index (χ4n) is 6.67. The quantitative estimate of drug-likeness (QED) is 0.139. The molecule has 0 bridgehead atoms. The Hall–Kier alpha value is -3.71. The van der Waals surface area contributed by atoms with E-state index >= 15 is 0 Å². The topological polar surface area (TPSA) is 128 Å². The molecule has 49 heavy (non-hydrogen) atoms. The third-order valence-electron chi connectivity index (χ3n) is 9.55. The lowest BCUT2D eigenvalue weighted by Crippen LogP contribution is -2.53. The Morgan fingerprint density at radius 2 is 1.78 bits per heavy atom. The molecule has 268 valence electrons. The Labute approximate surface area is 289 Å². The number of ether oxygens (including phenoxy) is 3. The van der Waals surface area contributed by atoms with Gasteiger partial charge < -0.3 is 34.1 Å². The van der Waals surface area contributed by atoms with E-state index in [4.69, 9.17) is 14.2 Å². The zero-order valence-corrected chi connectivity index (χ0v) is 31.2. The summed E-state index contributed by atoms with van der Waals surface area (Å²) in [6.45, 7) is 15.7. The Kier molecular flexibility index (Phi) is 10.9. The third-order valence-corrected chi connectivity index (χ3v) is 11.3. The highest BCUT2D eigenvalue weighted by Crippen LogP contribution is 2.41. The van der Waals surface area contributed by atoms with Crippen LogP contribution in [0.5, 0.6) is 11.5 Å². The molecule has 13 heteroatoms. The number of halogens is 1. The molecule has 2 heterocycles. The van der Waals surface area contributed by atoms with Gasteiger partial charge in [-0.2, -0.15) is 0 Å². The lowest BCUT2D eigenvalue weighted by molar-refractivity contribution is 0.0519. The van der Waals surface area contributed by atoms with Crippen LogP contribution in [0.2, 0.25) is 25.7 Å². The van der Waals surface area contributed by atoms with E-state index in [1.807, 2.05) is 32.3 Å². The lowest BCUT2D eigenvalue weighted by Gasteiger charge is -2.42. The van der Waals surface area contributed by atoms with Gasteiger partial charge in [-0.1, -0.05) is 19.6 Å². The van der Waals surface area contributed by atoms with E-state index in [0.29, 0.717) is 84.1 Å². The lowest BCUT2D eigenvalue weighted by atomic mass is 9.88. The minimum atomic E-state index is -1.35. The summed E-state index contributed by atoms with van der Waals surface area (Å²) in [7, 11) is 0.0621. The minimum absolute atomic E-state index is 0.0586. The fourth-order valence-corrected chi connectivity index (χ4v) is 7.43. The van der Waals surface area contributed by atoms with Crippen LogP contribution >= 0.6 is 0 Å². The summed E-state index contributed by atoms with van der Waals surface area (Å²) < 4.78 is 34.7. The molecule has 11 nitrogen and oxygen atoms in total. The maximum absolute atomic E-state index is 15.0. The first-order valence-electron chi connectivity index (χ1n) is 17.3. The van der Waals surface area contributed by atoms with Crippen molar-refractivity contribution in [3.8, 4) is 22.8 Å². The van der Waals surface area contributed by atoms with Gasteiger partial charge in [-0.25, -0.2) is 19.2 Å². The van der Waals surface area contributed by atoms with Gasteiger partial charge in [-0.15, -0.1) is 0 Å². The molecule has 1 aromatic carbocycles. The number of carbonyl (C=O) groups excluding carboxylic acids is 1. The number of fused-ring (bicyclic) bond motifs is 1. The molecule has 2 amide bonds. The molecule has 2 aliphatic carbocycles. The average molecular weight is 698 g/mol. The van der Waals surface area contributed by atoms with E-state index in [9.17, 15) is 19.1 Å². The van der Waals surface area contributed by atoms with Crippen molar-refractivity contribution in [3.05, 3.63) is 35.5 Å². The number of hydrogen-bond donors (Lipinski definition) is 2. The zero-order valence-electron chi connectivity index (χ0n) is 30.2. The molecule has 2 aliphatic rings. The van der Waals surface area contributed by atoms with Gasteiger partial charge in [0.25, 0.3) is 5.91 Å².